The molecule has 0 unspecified atom stereocenters. The Balaban J connectivity index is 1.48. The van der Waals surface area contributed by atoms with E-state index in [1.807, 2.05) is 66.7 Å². The van der Waals surface area contributed by atoms with Gasteiger partial charge < -0.3 is 18.9 Å². The highest BCUT2D eigenvalue weighted by Crippen LogP contribution is 2.37. The fourth-order valence-electron chi connectivity index (χ4n) is 3.05. The molecule has 0 saturated carbocycles. The van der Waals surface area contributed by atoms with Gasteiger partial charge in [0.1, 0.15) is 19.0 Å². The number of cyclic esters (lactones) is 1. The lowest BCUT2D eigenvalue weighted by molar-refractivity contribution is -0.129. The summed E-state index contributed by atoms with van der Waals surface area (Å²) in [6.07, 6.45) is 1.65. The number of carbonyl (C=O) groups is 1. The Morgan fingerprint density at radius 1 is 0.969 bits per heavy atom. The summed E-state index contributed by atoms with van der Waals surface area (Å²) in [5.41, 5.74) is 1.67. The van der Waals surface area contributed by atoms with Gasteiger partial charge in [-0.25, -0.2) is 9.79 Å². The van der Waals surface area contributed by atoms with Crippen LogP contribution in [0, 0.1) is 0 Å². The summed E-state index contributed by atoms with van der Waals surface area (Å²) in [7, 11) is 1.56. The third-order valence-electron chi connectivity index (χ3n) is 4.54. The first kappa shape index (κ1) is 21.6. The predicted molar refractivity (Wildman–Crippen MR) is 125 cm³/mol. The summed E-state index contributed by atoms with van der Waals surface area (Å²) >= 11 is 3.52. The monoisotopic (exact) mass is 493 g/mol. The maximum Gasteiger partial charge on any atom is 0.363 e. The van der Waals surface area contributed by atoms with Gasteiger partial charge in [-0.1, -0.05) is 36.4 Å². The third kappa shape index (κ3) is 5.18. The van der Waals surface area contributed by atoms with E-state index in [1.165, 1.54) is 0 Å². The van der Waals surface area contributed by atoms with Crippen LogP contribution in [0.3, 0.4) is 0 Å². The smallest absolute Gasteiger partial charge is 0.363 e. The normalized spacial score (nSPS) is 14.1. The van der Waals surface area contributed by atoms with E-state index < -0.39 is 5.97 Å². The molecule has 0 N–H and O–H groups in total. The second-order valence-corrected chi connectivity index (χ2v) is 7.60. The molecule has 0 bridgehead atoms. The number of esters is 1. The minimum absolute atomic E-state index is 0.211. The average Bonchev–Trinajstić information content (AvgIpc) is 3.18. The molecule has 0 amide bonds. The molecule has 0 radical (unpaired) electrons. The van der Waals surface area contributed by atoms with Gasteiger partial charge in [0, 0.05) is 5.56 Å². The molecule has 1 heterocycles. The fourth-order valence-corrected chi connectivity index (χ4v) is 3.63. The second kappa shape index (κ2) is 10.2. The Labute approximate surface area is 194 Å². The van der Waals surface area contributed by atoms with Crippen molar-refractivity contribution in [1.29, 1.82) is 0 Å². The maximum atomic E-state index is 12.3. The molecule has 1 aliphatic heterocycles. The Hall–Kier alpha value is -3.58. The third-order valence-corrected chi connectivity index (χ3v) is 5.13. The Morgan fingerprint density at radius 3 is 2.38 bits per heavy atom. The number of carbonyl (C=O) groups excluding carboxylic acids is 1. The van der Waals surface area contributed by atoms with Crippen molar-refractivity contribution in [3.63, 3.8) is 0 Å². The van der Waals surface area contributed by atoms with Gasteiger partial charge in [-0.2, -0.15) is 0 Å². The molecule has 0 aromatic heterocycles. The zero-order valence-corrected chi connectivity index (χ0v) is 18.9. The van der Waals surface area contributed by atoms with E-state index in [9.17, 15) is 4.79 Å². The van der Waals surface area contributed by atoms with Crippen LogP contribution in [-0.4, -0.2) is 32.2 Å². The van der Waals surface area contributed by atoms with Gasteiger partial charge in [0.05, 0.1) is 11.6 Å². The first-order valence-electron chi connectivity index (χ1n) is 9.90. The molecule has 32 heavy (non-hydrogen) atoms. The van der Waals surface area contributed by atoms with Crippen LogP contribution in [0.25, 0.3) is 6.08 Å². The standard InChI is InChI=1S/C25H20BrNO5/c1-29-22-16-17(15-21-25(28)32-24(27-21)18-8-4-2-5-9-18)14-20(26)23(22)31-13-12-30-19-10-6-3-7-11-19/h2-11,14-16H,12-13H2,1H3. The number of hydrogen-bond acceptors (Lipinski definition) is 6. The van der Waals surface area contributed by atoms with Gasteiger partial charge in [0.2, 0.25) is 5.90 Å². The summed E-state index contributed by atoms with van der Waals surface area (Å²) in [6, 6.07) is 22.4. The SMILES string of the molecule is COc1cc(C=C2N=C(c3ccccc3)OC2=O)cc(Br)c1OCCOc1ccccc1. The van der Waals surface area contributed by atoms with Crippen molar-refractivity contribution in [2.24, 2.45) is 4.99 Å². The van der Waals surface area contributed by atoms with Crippen LogP contribution in [0.4, 0.5) is 0 Å². The lowest BCUT2D eigenvalue weighted by atomic mass is 10.1. The van der Waals surface area contributed by atoms with Crippen LogP contribution < -0.4 is 14.2 Å². The molecule has 162 valence electrons. The van der Waals surface area contributed by atoms with E-state index >= 15 is 0 Å². The first-order chi connectivity index (χ1) is 15.6. The predicted octanol–water partition coefficient (Wildman–Crippen LogP) is 5.26. The largest absolute Gasteiger partial charge is 0.493 e. The van der Waals surface area contributed by atoms with Crippen molar-refractivity contribution in [2.45, 2.75) is 0 Å². The highest BCUT2D eigenvalue weighted by Gasteiger charge is 2.24. The van der Waals surface area contributed by atoms with Crippen LogP contribution in [-0.2, 0) is 9.53 Å². The molecule has 7 heteroatoms. The number of ether oxygens (including phenoxy) is 4. The van der Waals surface area contributed by atoms with Crippen LogP contribution in [0.5, 0.6) is 17.2 Å². The average molecular weight is 494 g/mol. The van der Waals surface area contributed by atoms with Crippen molar-refractivity contribution in [1.82, 2.24) is 0 Å². The van der Waals surface area contributed by atoms with E-state index in [0.29, 0.717) is 34.7 Å². The van der Waals surface area contributed by atoms with Gasteiger partial charge in [0.25, 0.3) is 0 Å². The van der Waals surface area contributed by atoms with Gasteiger partial charge in [0.15, 0.2) is 17.2 Å². The summed E-state index contributed by atoms with van der Waals surface area (Å²) in [5.74, 6) is 1.63. The molecule has 0 saturated heterocycles. The molecule has 3 aromatic rings. The molecular weight excluding hydrogens is 474 g/mol. The number of rotatable bonds is 8. The number of methoxy groups -OCH3 is 1. The summed E-state index contributed by atoms with van der Waals surface area (Å²) in [6.45, 7) is 0.718. The summed E-state index contributed by atoms with van der Waals surface area (Å²) < 4.78 is 23.0. The molecule has 0 aliphatic carbocycles. The van der Waals surface area contributed by atoms with Crippen molar-refractivity contribution >= 4 is 33.9 Å². The quantitative estimate of drug-likeness (QED) is 0.243. The maximum absolute atomic E-state index is 12.3. The number of aliphatic imine (C=N–C) groups is 1. The molecular formula is C25H20BrNO5. The number of nitrogens with zero attached hydrogens (tertiary/aromatic N) is 1. The van der Waals surface area contributed by atoms with E-state index in [1.54, 1.807) is 19.3 Å². The van der Waals surface area contributed by atoms with E-state index in [2.05, 4.69) is 20.9 Å². The summed E-state index contributed by atoms with van der Waals surface area (Å²) in [4.78, 5) is 16.6. The zero-order chi connectivity index (χ0) is 22.3. The molecule has 0 fully saturated rings. The molecule has 6 nitrogen and oxygen atoms in total. The number of benzene rings is 3. The Bertz CT molecular complexity index is 1160. The first-order valence-corrected chi connectivity index (χ1v) is 10.7. The lowest BCUT2D eigenvalue weighted by Gasteiger charge is -2.14. The van der Waals surface area contributed by atoms with E-state index in [4.69, 9.17) is 18.9 Å². The van der Waals surface area contributed by atoms with E-state index in [-0.39, 0.29) is 11.6 Å². The molecule has 4 rings (SSSR count). The number of halogens is 1. The lowest BCUT2D eigenvalue weighted by Crippen LogP contribution is -2.10. The Morgan fingerprint density at radius 2 is 1.66 bits per heavy atom. The van der Waals surface area contributed by atoms with Crippen LogP contribution >= 0.6 is 15.9 Å². The van der Waals surface area contributed by atoms with Crippen LogP contribution in [0.15, 0.2) is 88.0 Å². The van der Waals surface area contributed by atoms with Crippen molar-refractivity contribution in [3.8, 4) is 17.2 Å². The number of hydrogen-bond donors (Lipinski definition) is 0. The van der Waals surface area contributed by atoms with Crippen molar-refractivity contribution < 1.29 is 23.7 Å². The fraction of sp³-hybridized carbons (Fsp3) is 0.120. The van der Waals surface area contributed by atoms with Crippen molar-refractivity contribution in [2.75, 3.05) is 20.3 Å². The van der Waals surface area contributed by atoms with Gasteiger partial charge in [-0.3, -0.25) is 0 Å². The molecule has 0 spiro atoms. The Kier molecular flexibility index (Phi) is 6.87. The highest BCUT2D eigenvalue weighted by molar-refractivity contribution is 9.10. The van der Waals surface area contributed by atoms with Crippen molar-refractivity contribution in [3.05, 3.63) is 94.1 Å². The van der Waals surface area contributed by atoms with Crippen LogP contribution in [0.2, 0.25) is 0 Å². The highest BCUT2D eigenvalue weighted by atomic mass is 79.9. The van der Waals surface area contributed by atoms with Gasteiger partial charge in [-0.05, 0) is 64.0 Å². The van der Waals surface area contributed by atoms with Gasteiger partial charge in [-0.15, -0.1) is 0 Å². The summed E-state index contributed by atoms with van der Waals surface area (Å²) in [5, 5.41) is 0. The van der Waals surface area contributed by atoms with Crippen LogP contribution in [0.1, 0.15) is 11.1 Å². The zero-order valence-electron chi connectivity index (χ0n) is 17.3. The minimum Gasteiger partial charge on any atom is -0.493 e. The molecule has 1 aliphatic rings. The molecule has 3 aromatic carbocycles. The molecule has 0 atom stereocenters. The number of para-hydroxylation sites is 1. The van der Waals surface area contributed by atoms with E-state index in [0.717, 1.165) is 11.3 Å². The van der Waals surface area contributed by atoms with Gasteiger partial charge >= 0.3 is 5.97 Å². The topological polar surface area (TPSA) is 66.4 Å². The second-order valence-electron chi connectivity index (χ2n) is 6.75. The minimum atomic E-state index is -0.502.